The van der Waals surface area contributed by atoms with E-state index in [2.05, 4.69) is 14.4 Å². The Balaban J connectivity index is 2.19. The Kier molecular flexibility index (Phi) is 5.40. The van der Waals surface area contributed by atoms with Gasteiger partial charge in [0.25, 0.3) is 10.0 Å². The minimum Gasteiger partial charge on any atom is -0.478 e. The average Bonchev–Trinajstić information content (AvgIpc) is 2.53. The van der Waals surface area contributed by atoms with E-state index in [9.17, 15) is 26.4 Å². The summed E-state index contributed by atoms with van der Waals surface area (Å²) in [4.78, 5) is 14.3. The zero-order chi connectivity index (χ0) is 19.5. The van der Waals surface area contributed by atoms with Crippen molar-refractivity contribution in [2.24, 2.45) is 0 Å². The smallest absolute Gasteiger partial charge is 0.422 e. The summed E-state index contributed by atoms with van der Waals surface area (Å²) in [6, 6.07) is 5.88. The predicted octanol–water partition coefficient (Wildman–Crippen LogP) is 2.83. The summed E-state index contributed by atoms with van der Waals surface area (Å²) in [5, 5.41) is 8.97. The minimum atomic E-state index is -4.52. The van der Waals surface area contributed by atoms with E-state index in [0.29, 0.717) is 5.56 Å². The lowest BCUT2D eigenvalue weighted by Crippen LogP contribution is -2.19. The molecular formula is C15H13F3N2O5S. The summed E-state index contributed by atoms with van der Waals surface area (Å²) in [6.45, 7) is -0.0290. The third-order valence-corrected chi connectivity index (χ3v) is 4.62. The fourth-order valence-corrected chi connectivity index (χ4v) is 3.23. The van der Waals surface area contributed by atoms with Crippen LogP contribution in [0, 0.1) is 6.92 Å². The van der Waals surface area contributed by atoms with Gasteiger partial charge in [-0.25, -0.2) is 18.2 Å². The number of halogens is 3. The monoisotopic (exact) mass is 390 g/mol. The van der Waals surface area contributed by atoms with Gasteiger partial charge in [0.15, 0.2) is 6.61 Å². The number of anilines is 1. The van der Waals surface area contributed by atoms with Crippen LogP contribution in [-0.4, -0.2) is 37.3 Å². The molecule has 0 fully saturated rings. The van der Waals surface area contributed by atoms with E-state index < -0.39 is 28.8 Å². The zero-order valence-electron chi connectivity index (χ0n) is 13.2. The molecule has 0 radical (unpaired) electrons. The quantitative estimate of drug-likeness (QED) is 0.786. The lowest BCUT2D eigenvalue weighted by atomic mass is 10.1. The lowest BCUT2D eigenvalue weighted by molar-refractivity contribution is -0.154. The highest BCUT2D eigenvalue weighted by Gasteiger charge is 2.28. The number of benzene rings is 1. The molecule has 0 atom stereocenters. The number of pyridine rings is 1. The molecule has 2 N–H and O–H groups in total. The molecule has 0 aliphatic carbocycles. The molecule has 0 aliphatic rings. The predicted molar refractivity (Wildman–Crippen MR) is 84.7 cm³/mol. The highest BCUT2D eigenvalue weighted by atomic mass is 32.2. The Morgan fingerprint density at radius 3 is 2.50 bits per heavy atom. The number of alkyl halides is 3. The van der Waals surface area contributed by atoms with E-state index in [-0.39, 0.29) is 22.0 Å². The summed E-state index contributed by atoms with van der Waals surface area (Å²) >= 11 is 0. The number of hydrogen-bond donors (Lipinski definition) is 2. The van der Waals surface area contributed by atoms with Crippen LogP contribution in [0.5, 0.6) is 5.88 Å². The molecule has 0 bridgehead atoms. The van der Waals surface area contributed by atoms with Crippen LogP contribution in [0.2, 0.25) is 0 Å². The highest BCUT2D eigenvalue weighted by molar-refractivity contribution is 7.92. The Morgan fingerprint density at radius 2 is 1.96 bits per heavy atom. The number of sulfonamides is 1. The molecule has 0 saturated heterocycles. The molecule has 2 aromatic rings. The van der Waals surface area contributed by atoms with Gasteiger partial charge in [-0.05, 0) is 30.7 Å². The number of carboxylic acids is 1. The first-order valence-electron chi connectivity index (χ1n) is 7.00. The van der Waals surface area contributed by atoms with E-state index in [4.69, 9.17) is 5.11 Å². The summed E-state index contributed by atoms with van der Waals surface area (Å²) in [5.74, 6) is -1.61. The molecule has 1 aromatic heterocycles. The molecule has 11 heteroatoms. The van der Waals surface area contributed by atoms with Gasteiger partial charge in [0.2, 0.25) is 5.88 Å². The fourth-order valence-electron chi connectivity index (χ4n) is 1.91. The number of nitrogens with zero attached hydrogens (tertiary/aromatic N) is 1. The topological polar surface area (TPSA) is 106 Å². The second-order valence-corrected chi connectivity index (χ2v) is 6.83. The second kappa shape index (κ2) is 7.20. The normalized spacial score (nSPS) is 11.8. The van der Waals surface area contributed by atoms with E-state index >= 15 is 0 Å². The van der Waals surface area contributed by atoms with Crippen molar-refractivity contribution in [1.29, 1.82) is 0 Å². The van der Waals surface area contributed by atoms with Crippen molar-refractivity contribution >= 4 is 21.7 Å². The number of aromatic carboxylic acids is 1. The van der Waals surface area contributed by atoms with Crippen molar-refractivity contribution in [3.63, 3.8) is 0 Å². The van der Waals surface area contributed by atoms with Crippen molar-refractivity contribution in [2.75, 3.05) is 11.3 Å². The molecular weight excluding hydrogens is 377 g/mol. The SMILES string of the molecule is Cc1ccc(C(=O)O)cc1S(=O)(=O)Nc1ccc(OCC(F)(F)F)nc1. The molecule has 0 amide bonds. The molecule has 140 valence electrons. The molecule has 26 heavy (non-hydrogen) atoms. The van der Waals surface area contributed by atoms with Crippen molar-refractivity contribution in [3.05, 3.63) is 47.7 Å². The van der Waals surface area contributed by atoms with Gasteiger partial charge in [0, 0.05) is 6.07 Å². The largest absolute Gasteiger partial charge is 0.478 e. The molecule has 0 aliphatic heterocycles. The van der Waals surface area contributed by atoms with Gasteiger partial charge in [-0.2, -0.15) is 13.2 Å². The maximum atomic E-state index is 12.4. The molecule has 0 spiro atoms. The first kappa shape index (κ1) is 19.5. The average molecular weight is 390 g/mol. The molecule has 0 unspecified atom stereocenters. The van der Waals surface area contributed by atoms with Crippen LogP contribution in [0.3, 0.4) is 0 Å². The molecule has 2 rings (SSSR count). The van der Waals surface area contributed by atoms with Gasteiger partial charge in [-0.3, -0.25) is 4.72 Å². The van der Waals surface area contributed by atoms with Gasteiger partial charge in [0.05, 0.1) is 22.3 Å². The third kappa shape index (κ3) is 5.09. The molecule has 1 aromatic carbocycles. The number of carboxylic acid groups (broad SMARTS) is 1. The van der Waals surface area contributed by atoms with Gasteiger partial charge < -0.3 is 9.84 Å². The van der Waals surface area contributed by atoms with Crippen LogP contribution in [0.1, 0.15) is 15.9 Å². The first-order valence-corrected chi connectivity index (χ1v) is 8.48. The van der Waals surface area contributed by atoms with Crippen molar-refractivity contribution in [3.8, 4) is 5.88 Å². The maximum Gasteiger partial charge on any atom is 0.422 e. The van der Waals surface area contributed by atoms with Crippen LogP contribution >= 0.6 is 0 Å². The highest BCUT2D eigenvalue weighted by Crippen LogP contribution is 2.22. The van der Waals surface area contributed by atoms with Crippen molar-refractivity contribution in [2.45, 2.75) is 18.0 Å². The standard InChI is InChI=1S/C15H13F3N2O5S/c1-9-2-3-10(14(21)22)6-12(9)26(23,24)20-11-4-5-13(19-7-11)25-8-15(16,17)18/h2-7,20H,8H2,1H3,(H,21,22). The summed E-state index contributed by atoms with van der Waals surface area (Å²) in [5.41, 5.74) is 0.0927. The number of rotatable bonds is 6. The van der Waals surface area contributed by atoms with E-state index in [1.54, 1.807) is 0 Å². The van der Waals surface area contributed by atoms with Crippen LogP contribution in [-0.2, 0) is 10.0 Å². The number of nitrogens with one attached hydrogen (secondary N) is 1. The van der Waals surface area contributed by atoms with Gasteiger partial charge in [-0.1, -0.05) is 6.07 Å². The Bertz CT molecular complexity index is 912. The lowest BCUT2D eigenvalue weighted by Gasteiger charge is -2.12. The minimum absolute atomic E-state index is 0.0236. The van der Waals surface area contributed by atoms with Crippen LogP contribution in [0.4, 0.5) is 18.9 Å². The fraction of sp³-hybridized carbons (Fsp3) is 0.200. The third-order valence-electron chi connectivity index (χ3n) is 3.10. The Morgan fingerprint density at radius 1 is 1.27 bits per heavy atom. The summed E-state index contributed by atoms with van der Waals surface area (Å²) < 4.78 is 67.7. The van der Waals surface area contributed by atoms with Crippen LogP contribution < -0.4 is 9.46 Å². The van der Waals surface area contributed by atoms with Crippen LogP contribution in [0.25, 0.3) is 0 Å². The van der Waals surface area contributed by atoms with E-state index in [1.807, 2.05) is 0 Å². The van der Waals surface area contributed by atoms with E-state index in [0.717, 1.165) is 18.3 Å². The second-order valence-electron chi connectivity index (χ2n) is 5.18. The van der Waals surface area contributed by atoms with Gasteiger partial charge >= 0.3 is 12.1 Å². The first-order chi connectivity index (χ1) is 12.0. The Hall–Kier alpha value is -2.82. The molecule has 0 saturated carbocycles. The van der Waals surface area contributed by atoms with Crippen molar-refractivity contribution < 1.29 is 36.2 Å². The van der Waals surface area contributed by atoms with Crippen molar-refractivity contribution in [1.82, 2.24) is 4.98 Å². The molecule has 1 heterocycles. The Labute approximate surface area is 146 Å². The van der Waals surface area contributed by atoms with Gasteiger partial charge in [0.1, 0.15) is 0 Å². The molecule has 7 nitrogen and oxygen atoms in total. The van der Waals surface area contributed by atoms with E-state index in [1.165, 1.54) is 25.1 Å². The summed E-state index contributed by atoms with van der Waals surface area (Å²) in [7, 11) is -4.12. The number of ether oxygens (including phenoxy) is 1. The number of aryl methyl sites for hydroxylation is 1. The van der Waals surface area contributed by atoms with Gasteiger partial charge in [-0.15, -0.1) is 0 Å². The van der Waals surface area contributed by atoms with Crippen LogP contribution in [0.15, 0.2) is 41.4 Å². The zero-order valence-corrected chi connectivity index (χ0v) is 14.1. The number of hydrogen-bond acceptors (Lipinski definition) is 5. The summed E-state index contributed by atoms with van der Waals surface area (Å²) in [6.07, 6.45) is -3.53. The number of carbonyl (C=O) groups is 1. The maximum absolute atomic E-state index is 12.4. The number of aromatic nitrogens is 1.